The molecule has 0 N–H and O–H groups in total. The average molecular weight is 212 g/mol. The van der Waals surface area contributed by atoms with Gasteiger partial charge in [-0.05, 0) is 43.9 Å². The van der Waals surface area contributed by atoms with Crippen LogP contribution in [0.2, 0.25) is 0 Å². The van der Waals surface area contributed by atoms with Crippen LogP contribution in [0.15, 0.2) is 18.3 Å². The number of aryl methyl sites for hydroxylation is 1. The van der Waals surface area contributed by atoms with Gasteiger partial charge in [-0.3, -0.25) is 0 Å². The third kappa shape index (κ3) is 1.15. The van der Waals surface area contributed by atoms with Crippen LogP contribution in [-0.2, 0) is 5.41 Å². The van der Waals surface area contributed by atoms with E-state index in [1.54, 1.807) is 4.52 Å². The molecule has 3 rings (SSSR count). The van der Waals surface area contributed by atoms with Crippen molar-refractivity contribution >= 4 is 5.65 Å². The van der Waals surface area contributed by atoms with E-state index in [0.717, 1.165) is 30.5 Å². The van der Waals surface area contributed by atoms with Gasteiger partial charge in [-0.25, -0.2) is 9.50 Å². The summed E-state index contributed by atoms with van der Waals surface area (Å²) in [5, 5.41) is 13.6. The van der Waals surface area contributed by atoms with Crippen LogP contribution in [0.1, 0.15) is 30.7 Å². The van der Waals surface area contributed by atoms with Gasteiger partial charge in [0.1, 0.15) is 5.41 Å². The Bertz CT molecular complexity index is 587. The maximum Gasteiger partial charge on any atom is 0.171 e. The summed E-state index contributed by atoms with van der Waals surface area (Å²) < 4.78 is 1.75. The first-order valence-electron chi connectivity index (χ1n) is 5.48. The predicted octanol–water partition coefficient (Wildman–Crippen LogP) is 1.98. The molecule has 0 aromatic carbocycles. The molecule has 1 fully saturated rings. The van der Waals surface area contributed by atoms with Crippen molar-refractivity contribution in [3.63, 3.8) is 0 Å². The van der Waals surface area contributed by atoms with Crippen LogP contribution in [-0.4, -0.2) is 14.6 Å². The minimum atomic E-state index is -0.417. The van der Waals surface area contributed by atoms with Crippen LogP contribution in [0.3, 0.4) is 0 Å². The molecule has 0 unspecified atom stereocenters. The lowest BCUT2D eigenvalue weighted by molar-refractivity contribution is 0.307. The van der Waals surface area contributed by atoms with Gasteiger partial charge in [-0.1, -0.05) is 0 Å². The molecule has 1 aliphatic rings. The molecule has 0 bridgehead atoms. The Kier molecular flexibility index (Phi) is 1.78. The highest BCUT2D eigenvalue weighted by Crippen LogP contribution is 2.41. The summed E-state index contributed by atoms with van der Waals surface area (Å²) in [6.07, 6.45) is 4.77. The van der Waals surface area contributed by atoms with Gasteiger partial charge < -0.3 is 0 Å². The quantitative estimate of drug-likeness (QED) is 0.726. The molecule has 0 saturated heterocycles. The molecule has 4 heteroatoms. The van der Waals surface area contributed by atoms with Crippen molar-refractivity contribution in [3.8, 4) is 6.07 Å². The molecule has 80 valence electrons. The Morgan fingerprint density at radius 1 is 1.50 bits per heavy atom. The van der Waals surface area contributed by atoms with Gasteiger partial charge in [0.2, 0.25) is 0 Å². The number of rotatable bonds is 1. The molecule has 1 aliphatic carbocycles. The van der Waals surface area contributed by atoms with Gasteiger partial charge in [-0.15, -0.1) is 5.10 Å². The van der Waals surface area contributed by atoms with E-state index in [1.807, 2.05) is 25.3 Å². The van der Waals surface area contributed by atoms with E-state index in [1.165, 1.54) is 0 Å². The smallest absolute Gasteiger partial charge is 0.171 e. The number of fused-ring (bicyclic) bond motifs is 1. The van der Waals surface area contributed by atoms with Crippen LogP contribution in [0, 0.1) is 18.3 Å². The van der Waals surface area contributed by atoms with Crippen molar-refractivity contribution < 1.29 is 0 Å². The lowest BCUT2D eigenvalue weighted by Crippen LogP contribution is -2.33. The summed E-state index contributed by atoms with van der Waals surface area (Å²) >= 11 is 0. The summed E-state index contributed by atoms with van der Waals surface area (Å²) in [7, 11) is 0. The lowest BCUT2D eigenvalue weighted by Gasteiger charge is -2.31. The topological polar surface area (TPSA) is 54.0 Å². The maximum absolute atomic E-state index is 9.23. The van der Waals surface area contributed by atoms with Crippen LogP contribution < -0.4 is 0 Å². The van der Waals surface area contributed by atoms with Crippen molar-refractivity contribution in [2.24, 2.45) is 0 Å². The lowest BCUT2D eigenvalue weighted by atomic mass is 9.69. The van der Waals surface area contributed by atoms with Gasteiger partial charge in [0, 0.05) is 6.20 Å². The Morgan fingerprint density at radius 3 is 2.94 bits per heavy atom. The fourth-order valence-corrected chi connectivity index (χ4v) is 2.10. The Morgan fingerprint density at radius 2 is 2.31 bits per heavy atom. The molecule has 0 spiro atoms. The van der Waals surface area contributed by atoms with Crippen LogP contribution in [0.5, 0.6) is 0 Å². The fourth-order valence-electron chi connectivity index (χ4n) is 2.10. The molecule has 4 nitrogen and oxygen atoms in total. The van der Waals surface area contributed by atoms with Crippen molar-refractivity contribution in [3.05, 3.63) is 29.7 Å². The van der Waals surface area contributed by atoms with Crippen LogP contribution in [0.4, 0.5) is 0 Å². The second-order valence-corrected chi connectivity index (χ2v) is 4.49. The minimum absolute atomic E-state index is 0.417. The minimum Gasteiger partial charge on any atom is -0.221 e. The first kappa shape index (κ1) is 9.34. The van der Waals surface area contributed by atoms with Crippen molar-refractivity contribution in [1.82, 2.24) is 14.6 Å². The largest absolute Gasteiger partial charge is 0.221 e. The molecule has 0 aliphatic heterocycles. The van der Waals surface area contributed by atoms with Crippen LogP contribution >= 0.6 is 0 Å². The Labute approximate surface area is 93.5 Å². The molecule has 0 amide bonds. The van der Waals surface area contributed by atoms with E-state index in [0.29, 0.717) is 5.82 Å². The third-order valence-corrected chi connectivity index (χ3v) is 3.34. The van der Waals surface area contributed by atoms with Crippen molar-refractivity contribution in [2.45, 2.75) is 31.6 Å². The normalized spacial score (nSPS) is 18.0. The van der Waals surface area contributed by atoms with Gasteiger partial charge in [0.25, 0.3) is 0 Å². The average Bonchev–Trinajstić information content (AvgIpc) is 2.60. The number of aromatic nitrogens is 3. The van der Waals surface area contributed by atoms with E-state index in [9.17, 15) is 5.26 Å². The summed E-state index contributed by atoms with van der Waals surface area (Å²) in [6, 6.07) is 6.35. The molecule has 2 aromatic heterocycles. The molecule has 2 heterocycles. The van der Waals surface area contributed by atoms with Gasteiger partial charge in [0.15, 0.2) is 11.5 Å². The maximum atomic E-state index is 9.23. The van der Waals surface area contributed by atoms with E-state index >= 15 is 0 Å². The molecule has 0 radical (unpaired) electrons. The van der Waals surface area contributed by atoms with E-state index in [2.05, 4.69) is 16.2 Å². The summed E-state index contributed by atoms with van der Waals surface area (Å²) in [5.41, 5.74) is 1.57. The number of pyridine rings is 1. The summed E-state index contributed by atoms with van der Waals surface area (Å²) in [6.45, 7) is 2.03. The molecular weight excluding hydrogens is 200 g/mol. The van der Waals surface area contributed by atoms with E-state index in [-0.39, 0.29) is 0 Å². The zero-order valence-electron chi connectivity index (χ0n) is 9.14. The standard InChI is InChI=1S/C12H12N4/c1-9-3-6-16-10(7-9)14-11(15-16)12(8-13)4-2-5-12/h3,6-7H,2,4-5H2,1H3. The number of nitriles is 1. The number of hydrogen-bond acceptors (Lipinski definition) is 3. The van der Waals surface area contributed by atoms with Crippen molar-refractivity contribution in [2.75, 3.05) is 0 Å². The second kappa shape index (κ2) is 3.05. The van der Waals surface area contributed by atoms with Gasteiger partial charge in [0.05, 0.1) is 6.07 Å². The van der Waals surface area contributed by atoms with Crippen LogP contribution in [0.25, 0.3) is 5.65 Å². The zero-order chi connectivity index (χ0) is 11.2. The molecular formula is C12H12N4. The van der Waals surface area contributed by atoms with E-state index in [4.69, 9.17) is 0 Å². The van der Waals surface area contributed by atoms with Gasteiger partial charge in [-0.2, -0.15) is 5.26 Å². The highest BCUT2D eigenvalue weighted by atomic mass is 15.3. The first-order chi connectivity index (χ1) is 7.73. The fraction of sp³-hybridized carbons (Fsp3) is 0.417. The molecule has 16 heavy (non-hydrogen) atoms. The third-order valence-electron chi connectivity index (χ3n) is 3.34. The number of hydrogen-bond donors (Lipinski definition) is 0. The zero-order valence-corrected chi connectivity index (χ0v) is 9.14. The monoisotopic (exact) mass is 212 g/mol. The Balaban J connectivity index is 2.16. The molecule has 2 aromatic rings. The Hall–Kier alpha value is -1.89. The van der Waals surface area contributed by atoms with E-state index < -0.39 is 5.41 Å². The number of nitrogens with zero attached hydrogens (tertiary/aromatic N) is 4. The highest BCUT2D eigenvalue weighted by molar-refractivity contribution is 5.42. The molecule has 0 atom stereocenters. The molecule has 1 saturated carbocycles. The van der Waals surface area contributed by atoms with Gasteiger partial charge >= 0.3 is 0 Å². The highest BCUT2D eigenvalue weighted by Gasteiger charge is 2.42. The SMILES string of the molecule is Cc1ccn2nc(C3(C#N)CCC3)nc2c1. The first-order valence-corrected chi connectivity index (χ1v) is 5.48. The second-order valence-electron chi connectivity index (χ2n) is 4.49. The predicted molar refractivity (Wildman–Crippen MR) is 58.9 cm³/mol. The summed E-state index contributed by atoms with van der Waals surface area (Å²) in [4.78, 5) is 4.47. The van der Waals surface area contributed by atoms with Crippen molar-refractivity contribution in [1.29, 1.82) is 5.26 Å². The summed E-state index contributed by atoms with van der Waals surface area (Å²) in [5.74, 6) is 0.687.